The van der Waals surface area contributed by atoms with E-state index in [1.165, 1.54) is 27.8 Å². The molecule has 0 amide bonds. The quantitative estimate of drug-likeness (QED) is 0.643. The van der Waals surface area contributed by atoms with E-state index >= 15 is 0 Å². The normalized spacial score (nSPS) is 12.4. The molecule has 2 aromatic rings. The topological polar surface area (TPSA) is 0 Å². The van der Waals surface area contributed by atoms with Crippen molar-refractivity contribution in [3.05, 3.63) is 70.3 Å². The Morgan fingerprint density at radius 2 is 1.50 bits per heavy atom. The number of hydrogen-bond donors (Lipinski definition) is 0. The molecule has 0 aliphatic heterocycles. The van der Waals surface area contributed by atoms with Crippen LogP contribution in [0.4, 0.5) is 0 Å². The van der Waals surface area contributed by atoms with Crippen LogP contribution in [0.3, 0.4) is 0 Å². The van der Waals surface area contributed by atoms with Gasteiger partial charge in [0.2, 0.25) is 0 Å². The van der Waals surface area contributed by atoms with E-state index in [0.29, 0.717) is 5.92 Å². The first-order chi connectivity index (χ1) is 9.60. The molecule has 1 atom stereocenters. The monoisotopic (exact) mass is 330 g/mol. The van der Waals surface area contributed by atoms with Crippen LogP contribution in [-0.4, -0.2) is 5.33 Å². The summed E-state index contributed by atoms with van der Waals surface area (Å²) in [5.41, 5.74) is 7.13. The van der Waals surface area contributed by atoms with Gasteiger partial charge in [-0.05, 0) is 61.8 Å². The first-order valence-electron chi connectivity index (χ1n) is 7.26. The highest BCUT2D eigenvalue weighted by molar-refractivity contribution is 9.09. The lowest BCUT2D eigenvalue weighted by atomic mass is 9.90. The van der Waals surface area contributed by atoms with Gasteiger partial charge in [-0.3, -0.25) is 0 Å². The smallest absolute Gasteiger partial charge is 0.00660 e. The maximum Gasteiger partial charge on any atom is 0.00660 e. The van der Waals surface area contributed by atoms with Crippen LogP contribution in [0, 0.1) is 26.7 Å². The third kappa shape index (κ3) is 3.96. The largest absolute Gasteiger partial charge is 0.0925 e. The van der Waals surface area contributed by atoms with Gasteiger partial charge >= 0.3 is 0 Å². The minimum Gasteiger partial charge on any atom is -0.0925 e. The summed E-state index contributed by atoms with van der Waals surface area (Å²) in [7, 11) is 0. The highest BCUT2D eigenvalue weighted by Crippen LogP contribution is 2.21. The second kappa shape index (κ2) is 7.08. The van der Waals surface area contributed by atoms with Crippen molar-refractivity contribution >= 4 is 15.9 Å². The molecule has 1 heteroatoms. The molecule has 0 nitrogen and oxygen atoms in total. The fourth-order valence-electron chi connectivity index (χ4n) is 2.66. The number of aryl methyl sites for hydroxylation is 3. The van der Waals surface area contributed by atoms with E-state index in [9.17, 15) is 0 Å². The highest BCUT2D eigenvalue weighted by atomic mass is 79.9. The Morgan fingerprint density at radius 1 is 0.850 bits per heavy atom. The summed E-state index contributed by atoms with van der Waals surface area (Å²) in [6, 6.07) is 15.5. The third-order valence-corrected chi connectivity index (χ3v) is 4.92. The van der Waals surface area contributed by atoms with Crippen molar-refractivity contribution in [3.8, 4) is 0 Å². The molecule has 0 aromatic heterocycles. The summed E-state index contributed by atoms with van der Waals surface area (Å²) < 4.78 is 0. The summed E-state index contributed by atoms with van der Waals surface area (Å²) in [6.07, 6.45) is 2.29. The van der Waals surface area contributed by atoms with Gasteiger partial charge in [-0.15, -0.1) is 0 Å². The Kier molecular flexibility index (Phi) is 5.42. The molecule has 0 saturated carbocycles. The Morgan fingerprint density at radius 3 is 2.20 bits per heavy atom. The van der Waals surface area contributed by atoms with Crippen LogP contribution >= 0.6 is 15.9 Å². The van der Waals surface area contributed by atoms with E-state index in [0.717, 1.165) is 18.2 Å². The molecule has 0 heterocycles. The average molecular weight is 331 g/mol. The standard InChI is InChI=1S/C19H23Br/c1-14-8-9-16(3)19(10-14)12-17(13-20)11-18-7-5-4-6-15(18)2/h4-10,17H,11-13H2,1-3H3. The van der Waals surface area contributed by atoms with Gasteiger partial charge in [-0.1, -0.05) is 64.0 Å². The maximum absolute atomic E-state index is 3.70. The number of rotatable bonds is 5. The van der Waals surface area contributed by atoms with Crippen molar-refractivity contribution in [1.82, 2.24) is 0 Å². The van der Waals surface area contributed by atoms with Crippen molar-refractivity contribution in [2.45, 2.75) is 33.6 Å². The fraction of sp³-hybridized carbons (Fsp3) is 0.368. The molecule has 0 N–H and O–H groups in total. The molecule has 1 unspecified atom stereocenters. The molecule has 0 bridgehead atoms. The van der Waals surface area contributed by atoms with Gasteiger partial charge in [-0.2, -0.15) is 0 Å². The van der Waals surface area contributed by atoms with E-state index in [-0.39, 0.29) is 0 Å². The number of benzene rings is 2. The molecule has 0 radical (unpaired) electrons. The van der Waals surface area contributed by atoms with Crippen molar-refractivity contribution < 1.29 is 0 Å². The van der Waals surface area contributed by atoms with E-state index in [1.807, 2.05) is 0 Å². The van der Waals surface area contributed by atoms with Crippen molar-refractivity contribution in [1.29, 1.82) is 0 Å². The summed E-state index contributed by atoms with van der Waals surface area (Å²) in [4.78, 5) is 0. The van der Waals surface area contributed by atoms with Crippen molar-refractivity contribution in [2.24, 2.45) is 5.92 Å². The molecule has 20 heavy (non-hydrogen) atoms. The van der Waals surface area contributed by atoms with Gasteiger partial charge < -0.3 is 0 Å². The van der Waals surface area contributed by atoms with Gasteiger partial charge in [0.15, 0.2) is 0 Å². The van der Waals surface area contributed by atoms with E-state index in [2.05, 4.69) is 79.2 Å². The van der Waals surface area contributed by atoms with E-state index in [4.69, 9.17) is 0 Å². The summed E-state index contributed by atoms with van der Waals surface area (Å²) in [5, 5.41) is 1.05. The summed E-state index contributed by atoms with van der Waals surface area (Å²) in [6.45, 7) is 6.60. The Labute approximate surface area is 131 Å². The van der Waals surface area contributed by atoms with Crippen LogP contribution in [0.2, 0.25) is 0 Å². The fourth-order valence-corrected chi connectivity index (χ4v) is 3.12. The zero-order chi connectivity index (χ0) is 14.5. The zero-order valence-electron chi connectivity index (χ0n) is 12.6. The lowest BCUT2D eigenvalue weighted by molar-refractivity contribution is 0.588. The number of alkyl halides is 1. The van der Waals surface area contributed by atoms with Gasteiger partial charge in [0.1, 0.15) is 0 Å². The van der Waals surface area contributed by atoms with Crippen LogP contribution in [0.5, 0.6) is 0 Å². The second-order valence-electron chi connectivity index (χ2n) is 5.79. The van der Waals surface area contributed by atoms with Crippen LogP contribution in [0.1, 0.15) is 27.8 Å². The Balaban J connectivity index is 2.13. The second-order valence-corrected chi connectivity index (χ2v) is 6.43. The summed E-state index contributed by atoms with van der Waals surface area (Å²) in [5.74, 6) is 0.650. The molecule has 0 saturated heterocycles. The molecule has 0 spiro atoms. The van der Waals surface area contributed by atoms with E-state index in [1.54, 1.807) is 0 Å². The number of hydrogen-bond acceptors (Lipinski definition) is 0. The number of halogens is 1. The maximum atomic E-state index is 3.70. The zero-order valence-corrected chi connectivity index (χ0v) is 14.2. The molecular weight excluding hydrogens is 308 g/mol. The molecular formula is C19H23Br. The molecule has 2 aromatic carbocycles. The van der Waals surface area contributed by atoms with E-state index < -0.39 is 0 Å². The Bertz CT molecular complexity index is 572. The van der Waals surface area contributed by atoms with Gasteiger partial charge in [0.25, 0.3) is 0 Å². The third-order valence-electron chi connectivity index (χ3n) is 4.00. The lowest BCUT2D eigenvalue weighted by Gasteiger charge is -2.17. The lowest BCUT2D eigenvalue weighted by Crippen LogP contribution is -2.11. The van der Waals surface area contributed by atoms with Crippen molar-refractivity contribution in [3.63, 3.8) is 0 Å². The first-order valence-corrected chi connectivity index (χ1v) is 8.39. The minimum atomic E-state index is 0.650. The molecule has 106 valence electrons. The van der Waals surface area contributed by atoms with Gasteiger partial charge in [-0.25, -0.2) is 0 Å². The van der Waals surface area contributed by atoms with Gasteiger partial charge in [0, 0.05) is 5.33 Å². The first kappa shape index (κ1) is 15.3. The molecule has 2 rings (SSSR count). The van der Waals surface area contributed by atoms with Crippen LogP contribution in [0.25, 0.3) is 0 Å². The Hall–Kier alpha value is -1.08. The highest BCUT2D eigenvalue weighted by Gasteiger charge is 2.12. The minimum absolute atomic E-state index is 0.650. The van der Waals surface area contributed by atoms with Gasteiger partial charge in [0.05, 0.1) is 0 Å². The SMILES string of the molecule is Cc1ccc(C)c(CC(CBr)Cc2ccccc2C)c1. The van der Waals surface area contributed by atoms with Crippen molar-refractivity contribution in [2.75, 3.05) is 5.33 Å². The summed E-state index contributed by atoms with van der Waals surface area (Å²) >= 11 is 3.70. The predicted molar refractivity (Wildman–Crippen MR) is 91.8 cm³/mol. The predicted octanol–water partition coefficient (Wildman–Crippen LogP) is 5.41. The average Bonchev–Trinajstić information content (AvgIpc) is 2.44. The molecule has 0 aliphatic carbocycles. The molecule has 0 fully saturated rings. The van der Waals surface area contributed by atoms with Crippen LogP contribution < -0.4 is 0 Å². The molecule has 0 aliphatic rings. The van der Waals surface area contributed by atoms with Crippen LogP contribution in [-0.2, 0) is 12.8 Å². The van der Waals surface area contributed by atoms with Crippen LogP contribution in [0.15, 0.2) is 42.5 Å².